The Morgan fingerprint density at radius 2 is 2.31 bits per heavy atom. The highest BCUT2D eigenvalue weighted by molar-refractivity contribution is 7.10. The normalized spacial score (nSPS) is 13.2. The molecule has 0 aliphatic rings. The second-order valence-electron chi connectivity index (χ2n) is 4.19. The van der Waals surface area contributed by atoms with Gasteiger partial charge in [0.15, 0.2) is 0 Å². The van der Waals surface area contributed by atoms with E-state index < -0.39 is 0 Å². The number of hydrogen-bond acceptors (Lipinski definition) is 3. The minimum atomic E-state index is 0.147. The maximum atomic E-state index is 9.35. The summed E-state index contributed by atoms with van der Waals surface area (Å²) in [5, 5.41) is 12.4. The molecule has 0 radical (unpaired) electrons. The van der Waals surface area contributed by atoms with Crippen LogP contribution in [-0.2, 0) is 0 Å². The predicted octanol–water partition coefficient (Wildman–Crippen LogP) is 2.87. The van der Waals surface area contributed by atoms with Gasteiger partial charge in [0.25, 0.3) is 0 Å². The number of hydrogen-bond donors (Lipinski definition) is 2. The highest BCUT2D eigenvalue weighted by Crippen LogP contribution is 2.29. The minimum absolute atomic E-state index is 0.147. The summed E-state index contributed by atoms with van der Waals surface area (Å²) >= 11 is 1.62. The Morgan fingerprint density at radius 3 is 2.88 bits per heavy atom. The average molecular weight is 236 g/mol. The SMILES string of the molecule is CC(C)C(CO)c1nc(-c2ccc[nH]2)cs1. The van der Waals surface area contributed by atoms with Crippen LogP contribution in [0.1, 0.15) is 24.8 Å². The van der Waals surface area contributed by atoms with Crippen LogP contribution in [0.5, 0.6) is 0 Å². The number of aromatic nitrogens is 2. The summed E-state index contributed by atoms with van der Waals surface area (Å²) in [4.78, 5) is 7.71. The maximum absolute atomic E-state index is 9.35. The van der Waals surface area contributed by atoms with E-state index in [0.717, 1.165) is 16.4 Å². The predicted molar refractivity (Wildman–Crippen MR) is 66.6 cm³/mol. The van der Waals surface area contributed by atoms with Crippen LogP contribution < -0.4 is 0 Å². The highest BCUT2D eigenvalue weighted by atomic mass is 32.1. The Morgan fingerprint density at radius 1 is 1.50 bits per heavy atom. The molecule has 3 nitrogen and oxygen atoms in total. The molecule has 0 aliphatic heterocycles. The van der Waals surface area contributed by atoms with E-state index in [1.165, 1.54) is 0 Å². The highest BCUT2D eigenvalue weighted by Gasteiger charge is 2.18. The lowest BCUT2D eigenvalue weighted by Crippen LogP contribution is -2.10. The van der Waals surface area contributed by atoms with Gasteiger partial charge >= 0.3 is 0 Å². The van der Waals surface area contributed by atoms with Crippen molar-refractivity contribution in [3.63, 3.8) is 0 Å². The van der Waals surface area contributed by atoms with E-state index in [4.69, 9.17) is 0 Å². The first-order valence-corrected chi connectivity index (χ1v) is 6.30. The largest absolute Gasteiger partial charge is 0.396 e. The van der Waals surface area contributed by atoms with Crippen LogP contribution in [0.4, 0.5) is 0 Å². The maximum Gasteiger partial charge on any atom is 0.0989 e. The monoisotopic (exact) mass is 236 g/mol. The van der Waals surface area contributed by atoms with Gasteiger partial charge in [0, 0.05) is 17.5 Å². The van der Waals surface area contributed by atoms with Crippen molar-refractivity contribution in [3.8, 4) is 11.4 Å². The van der Waals surface area contributed by atoms with Crippen LogP contribution in [0.3, 0.4) is 0 Å². The second kappa shape index (κ2) is 4.80. The van der Waals surface area contributed by atoms with E-state index >= 15 is 0 Å². The standard InChI is InChI=1S/C12H16N2OS/c1-8(2)9(6-15)12-14-11(7-16-12)10-4-3-5-13-10/h3-5,7-9,13,15H,6H2,1-2H3. The zero-order valence-corrected chi connectivity index (χ0v) is 10.3. The number of aromatic amines is 1. The molecule has 0 spiro atoms. The van der Waals surface area contributed by atoms with Gasteiger partial charge in [0.1, 0.15) is 0 Å². The van der Waals surface area contributed by atoms with Crippen molar-refractivity contribution < 1.29 is 5.11 Å². The molecule has 4 heteroatoms. The van der Waals surface area contributed by atoms with Gasteiger partial charge < -0.3 is 10.1 Å². The smallest absolute Gasteiger partial charge is 0.0989 e. The minimum Gasteiger partial charge on any atom is -0.396 e. The molecule has 86 valence electrons. The molecule has 0 saturated carbocycles. The fraction of sp³-hybridized carbons (Fsp3) is 0.417. The third kappa shape index (κ3) is 2.18. The molecule has 2 heterocycles. The molecule has 0 fully saturated rings. The van der Waals surface area contributed by atoms with Gasteiger partial charge in [-0.25, -0.2) is 4.98 Å². The molecule has 1 atom stereocenters. The van der Waals surface area contributed by atoms with Gasteiger partial charge in [-0.3, -0.25) is 0 Å². The molecule has 16 heavy (non-hydrogen) atoms. The van der Waals surface area contributed by atoms with Crippen LogP contribution >= 0.6 is 11.3 Å². The molecular formula is C12H16N2OS. The van der Waals surface area contributed by atoms with E-state index in [2.05, 4.69) is 23.8 Å². The summed E-state index contributed by atoms with van der Waals surface area (Å²) in [6.07, 6.45) is 1.89. The van der Waals surface area contributed by atoms with Gasteiger partial charge in [0.2, 0.25) is 0 Å². The fourth-order valence-corrected chi connectivity index (χ4v) is 2.73. The van der Waals surface area contributed by atoms with Crippen molar-refractivity contribution in [3.05, 3.63) is 28.7 Å². The Kier molecular flexibility index (Phi) is 3.41. The third-order valence-corrected chi connectivity index (χ3v) is 3.69. The Hall–Kier alpha value is -1.13. The number of rotatable bonds is 4. The summed E-state index contributed by atoms with van der Waals surface area (Å²) in [7, 11) is 0. The van der Waals surface area contributed by atoms with Crippen molar-refractivity contribution in [1.29, 1.82) is 0 Å². The summed E-state index contributed by atoms with van der Waals surface area (Å²) in [5.41, 5.74) is 1.99. The van der Waals surface area contributed by atoms with Gasteiger partial charge in [-0.1, -0.05) is 13.8 Å². The molecule has 2 aromatic rings. The first-order valence-electron chi connectivity index (χ1n) is 5.42. The summed E-state index contributed by atoms with van der Waals surface area (Å²) in [6, 6.07) is 3.96. The van der Waals surface area contributed by atoms with Gasteiger partial charge in [-0.15, -0.1) is 11.3 Å². The van der Waals surface area contributed by atoms with Gasteiger partial charge in [-0.05, 0) is 18.1 Å². The van der Waals surface area contributed by atoms with Gasteiger partial charge in [-0.2, -0.15) is 0 Å². The number of H-pyrrole nitrogens is 1. The quantitative estimate of drug-likeness (QED) is 0.857. The van der Waals surface area contributed by atoms with Gasteiger partial charge in [0.05, 0.1) is 23.0 Å². The lowest BCUT2D eigenvalue weighted by Gasteiger charge is -2.14. The first kappa shape index (κ1) is 11.4. The lowest BCUT2D eigenvalue weighted by atomic mass is 9.98. The third-order valence-electron chi connectivity index (χ3n) is 2.71. The van der Waals surface area contributed by atoms with E-state index in [9.17, 15) is 5.11 Å². The molecule has 2 N–H and O–H groups in total. The molecule has 0 aliphatic carbocycles. The Labute approximate surface area is 99.2 Å². The number of nitrogens with one attached hydrogen (secondary N) is 1. The van der Waals surface area contributed by atoms with Crippen molar-refractivity contribution in [1.82, 2.24) is 9.97 Å². The van der Waals surface area contributed by atoms with Crippen LogP contribution in [0, 0.1) is 5.92 Å². The topological polar surface area (TPSA) is 48.9 Å². The summed E-state index contributed by atoms with van der Waals surface area (Å²) < 4.78 is 0. The number of aliphatic hydroxyl groups is 1. The fourth-order valence-electron chi connectivity index (χ4n) is 1.65. The van der Waals surface area contributed by atoms with Crippen molar-refractivity contribution in [2.75, 3.05) is 6.61 Å². The lowest BCUT2D eigenvalue weighted by molar-refractivity contribution is 0.237. The molecule has 0 bridgehead atoms. The van der Waals surface area contributed by atoms with E-state index in [1.807, 2.05) is 23.7 Å². The van der Waals surface area contributed by atoms with Crippen LogP contribution in [-0.4, -0.2) is 21.7 Å². The first-order chi connectivity index (χ1) is 7.72. The molecule has 0 aromatic carbocycles. The van der Waals surface area contributed by atoms with Crippen LogP contribution in [0.2, 0.25) is 0 Å². The van der Waals surface area contributed by atoms with Crippen LogP contribution in [0.25, 0.3) is 11.4 Å². The molecule has 2 rings (SSSR count). The van der Waals surface area contributed by atoms with E-state index in [1.54, 1.807) is 11.3 Å². The van der Waals surface area contributed by atoms with E-state index in [0.29, 0.717) is 5.92 Å². The zero-order valence-electron chi connectivity index (χ0n) is 9.47. The van der Waals surface area contributed by atoms with E-state index in [-0.39, 0.29) is 12.5 Å². The molecule has 0 amide bonds. The zero-order chi connectivity index (χ0) is 11.5. The van der Waals surface area contributed by atoms with Crippen molar-refractivity contribution >= 4 is 11.3 Å². The number of aliphatic hydroxyl groups excluding tert-OH is 1. The van der Waals surface area contributed by atoms with Crippen molar-refractivity contribution in [2.24, 2.45) is 5.92 Å². The number of thiazole rings is 1. The van der Waals surface area contributed by atoms with Crippen LogP contribution in [0.15, 0.2) is 23.7 Å². The number of nitrogens with zero attached hydrogens (tertiary/aromatic N) is 1. The molecule has 1 unspecified atom stereocenters. The average Bonchev–Trinajstić information content (AvgIpc) is 2.86. The molecule has 0 saturated heterocycles. The second-order valence-corrected chi connectivity index (χ2v) is 5.08. The Bertz CT molecular complexity index is 434. The van der Waals surface area contributed by atoms with Crippen molar-refractivity contribution in [2.45, 2.75) is 19.8 Å². The molecule has 2 aromatic heterocycles. The Balaban J connectivity index is 2.25. The summed E-state index contributed by atoms with van der Waals surface area (Å²) in [6.45, 7) is 4.38. The summed E-state index contributed by atoms with van der Waals surface area (Å²) in [5.74, 6) is 0.557. The molecular weight excluding hydrogens is 220 g/mol.